The molecule has 4 aliphatic carbocycles. The second-order valence-electron chi connectivity index (χ2n) is 10.5. The summed E-state index contributed by atoms with van der Waals surface area (Å²) in [6.45, 7) is 10.5. The van der Waals surface area contributed by atoms with E-state index in [1.54, 1.807) is 6.92 Å². The van der Waals surface area contributed by atoms with E-state index in [1.807, 2.05) is 6.92 Å². The number of allylic oxidation sites excluding steroid dienone is 1. The molecule has 31 heavy (non-hydrogen) atoms. The topological polar surface area (TPSA) is 107 Å². The molecular formula is C24H32O7. The van der Waals surface area contributed by atoms with Crippen LogP contribution in [0.5, 0.6) is 0 Å². The molecule has 0 amide bonds. The summed E-state index contributed by atoms with van der Waals surface area (Å²) in [5, 5.41) is 10.2. The number of carbonyl (C=O) groups is 4. The highest BCUT2D eigenvalue weighted by Gasteiger charge is 2.74. The Morgan fingerprint density at radius 3 is 2.19 bits per heavy atom. The number of fused-ring (bicyclic) bond motifs is 3. The van der Waals surface area contributed by atoms with Gasteiger partial charge in [0.15, 0.2) is 5.78 Å². The third-order valence-electron chi connectivity index (χ3n) is 9.24. The highest BCUT2D eigenvalue weighted by atomic mass is 16.5. The zero-order valence-corrected chi connectivity index (χ0v) is 18.7. The maximum absolute atomic E-state index is 13.7. The summed E-state index contributed by atoms with van der Waals surface area (Å²) in [6.07, 6.45) is 1.90. The highest BCUT2D eigenvalue weighted by Crippen LogP contribution is 2.72. The first-order valence-corrected chi connectivity index (χ1v) is 11.2. The van der Waals surface area contributed by atoms with E-state index in [0.29, 0.717) is 31.3 Å². The van der Waals surface area contributed by atoms with Crippen molar-refractivity contribution >= 4 is 23.7 Å². The Kier molecular flexibility index (Phi) is 4.91. The van der Waals surface area contributed by atoms with Crippen LogP contribution in [0.25, 0.3) is 0 Å². The van der Waals surface area contributed by atoms with Gasteiger partial charge in [-0.1, -0.05) is 13.5 Å². The summed E-state index contributed by atoms with van der Waals surface area (Å²) in [4.78, 5) is 50.2. The lowest BCUT2D eigenvalue weighted by molar-refractivity contribution is -0.244. The Morgan fingerprint density at radius 2 is 1.61 bits per heavy atom. The van der Waals surface area contributed by atoms with Crippen LogP contribution in [0.2, 0.25) is 0 Å². The van der Waals surface area contributed by atoms with E-state index in [9.17, 15) is 24.3 Å². The fourth-order valence-electron chi connectivity index (χ4n) is 7.91. The lowest BCUT2D eigenvalue weighted by Gasteiger charge is -2.65. The monoisotopic (exact) mass is 432 g/mol. The van der Waals surface area contributed by atoms with Crippen molar-refractivity contribution in [1.29, 1.82) is 0 Å². The number of esters is 2. The van der Waals surface area contributed by atoms with Crippen LogP contribution in [-0.2, 0) is 28.7 Å². The lowest BCUT2D eigenvalue weighted by Crippen LogP contribution is -2.69. The van der Waals surface area contributed by atoms with Gasteiger partial charge in [-0.05, 0) is 68.8 Å². The van der Waals surface area contributed by atoms with Gasteiger partial charge in [0.1, 0.15) is 12.2 Å². The Bertz CT molecular complexity index is 877. The molecule has 0 heterocycles. The summed E-state index contributed by atoms with van der Waals surface area (Å²) < 4.78 is 11.6. The van der Waals surface area contributed by atoms with Crippen molar-refractivity contribution in [3.8, 4) is 0 Å². The fraction of sp³-hybridized carbons (Fsp3) is 0.750. The van der Waals surface area contributed by atoms with E-state index in [-0.39, 0.29) is 24.0 Å². The van der Waals surface area contributed by atoms with E-state index in [4.69, 9.17) is 9.47 Å². The minimum Gasteiger partial charge on any atom is -0.481 e. The summed E-state index contributed by atoms with van der Waals surface area (Å²) in [6, 6.07) is 0. The first-order chi connectivity index (χ1) is 14.4. The smallest absolute Gasteiger partial charge is 0.309 e. The van der Waals surface area contributed by atoms with Crippen LogP contribution in [0.3, 0.4) is 0 Å². The van der Waals surface area contributed by atoms with Gasteiger partial charge in [0.25, 0.3) is 0 Å². The molecule has 1 spiro atoms. The lowest BCUT2D eigenvalue weighted by atomic mass is 9.39. The zero-order valence-electron chi connectivity index (χ0n) is 18.7. The third kappa shape index (κ3) is 2.77. The SMILES string of the molecule is C=C1C(=O)[C@]23C[C@H]1CC[C@H]2[C@]1(C)[C@@H](OC(C)=O)CC[C@@](C)(C(=O)O)[C@H]1C[C@@H]3OC(C)=O. The second kappa shape index (κ2) is 6.91. The quantitative estimate of drug-likeness (QED) is 0.538. The number of rotatable bonds is 3. The molecule has 4 saturated carbocycles. The Balaban J connectivity index is 1.92. The van der Waals surface area contributed by atoms with Gasteiger partial charge in [-0.15, -0.1) is 0 Å². The van der Waals surface area contributed by atoms with Crippen LogP contribution >= 0.6 is 0 Å². The summed E-state index contributed by atoms with van der Waals surface area (Å²) in [7, 11) is 0. The average Bonchev–Trinajstić information content (AvgIpc) is 2.86. The van der Waals surface area contributed by atoms with Crippen molar-refractivity contribution in [2.75, 3.05) is 0 Å². The molecule has 170 valence electrons. The number of ether oxygens (including phenoxy) is 2. The maximum Gasteiger partial charge on any atom is 0.309 e. The van der Waals surface area contributed by atoms with Crippen molar-refractivity contribution in [1.82, 2.24) is 0 Å². The molecule has 0 unspecified atom stereocenters. The second-order valence-corrected chi connectivity index (χ2v) is 10.5. The van der Waals surface area contributed by atoms with Crippen molar-refractivity contribution in [3.63, 3.8) is 0 Å². The molecule has 8 atom stereocenters. The zero-order chi connectivity index (χ0) is 22.9. The van der Waals surface area contributed by atoms with Crippen molar-refractivity contribution in [3.05, 3.63) is 12.2 Å². The van der Waals surface area contributed by atoms with Crippen LogP contribution in [0.15, 0.2) is 12.2 Å². The number of ketones is 1. The molecule has 0 saturated heterocycles. The van der Waals surface area contributed by atoms with Gasteiger partial charge >= 0.3 is 17.9 Å². The molecule has 2 bridgehead atoms. The summed E-state index contributed by atoms with van der Waals surface area (Å²) in [5.41, 5.74) is -2.13. The number of aliphatic carboxylic acids is 1. The van der Waals surface area contributed by atoms with Gasteiger partial charge in [-0.2, -0.15) is 0 Å². The predicted molar refractivity (Wildman–Crippen MR) is 110 cm³/mol. The minimum atomic E-state index is -1.07. The van der Waals surface area contributed by atoms with E-state index >= 15 is 0 Å². The van der Waals surface area contributed by atoms with Gasteiger partial charge < -0.3 is 14.6 Å². The van der Waals surface area contributed by atoms with E-state index in [1.165, 1.54) is 13.8 Å². The van der Waals surface area contributed by atoms with Crippen LogP contribution in [0.1, 0.15) is 66.2 Å². The largest absolute Gasteiger partial charge is 0.481 e. The first kappa shape index (κ1) is 22.0. The number of carbonyl (C=O) groups excluding carboxylic acids is 3. The number of carboxylic acid groups (broad SMARTS) is 1. The average molecular weight is 433 g/mol. The number of carboxylic acids is 1. The molecule has 4 rings (SSSR count). The van der Waals surface area contributed by atoms with E-state index in [0.717, 1.165) is 6.42 Å². The standard InChI is InChI=1S/C24H32O7/c1-12-15-6-7-16-23(5)17(10-19(31-14(3)26)24(16,11-15)20(12)27)22(4,21(28)29)9-8-18(23)30-13(2)25/h15-19H,1,6-11H2,2-5H3,(H,28,29)/t15-,16+,17-,18+,19+,22-,23+,24-/m1/s1. The van der Waals surface area contributed by atoms with E-state index in [2.05, 4.69) is 6.58 Å². The molecule has 0 aromatic carbocycles. The Labute approximate surface area is 182 Å². The molecule has 4 aliphatic rings. The third-order valence-corrected chi connectivity index (χ3v) is 9.24. The van der Waals surface area contributed by atoms with Gasteiger partial charge in [0.05, 0.1) is 10.8 Å². The predicted octanol–water partition coefficient (Wildman–Crippen LogP) is 3.30. The molecule has 4 fully saturated rings. The molecule has 7 nitrogen and oxygen atoms in total. The summed E-state index contributed by atoms with van der Waals surface area (Å²) >= 11 is 0. The molecule has 1 N–H and O–H groups in total. The van der Waals surface area contributed by atoms with Crippen LogP contribution < -0.4 is 0 Å². The van der Waals surface area contributed by atoms with Crippen LogP contribution in [0, 0.1) is 34.0 Å². The van der Waals surface area contributed by atoms with Crippen molar-refractivity contribution in [2.45, 2.75) is 78.4 Å². The number of hydrogen-bond donors (Lipinski definition) is 1. The Hall–Kier alpha value is -2.18. The van der Waals surface area contributed by atoms with E-state index < -0.39 is 52.3 Å². The molecule has 0 aromatic heterocycles. The molecule has 7 heteroatoms. The molecule has 0 aliphatic heterocycles. The normalized spacial score (nSPS) is 46.0. The first-order valence-electron chi connectivity index (χ1n) is 11.2. The number of hydrogen-bond acceptors (Lipinski definition) is 6. The van der Waals surface area contributed by atoms with Crippen LogP contribution in [0.4, 0.5) is 0 Å². The van der Waals surface area contributed by atoms with Gasteiger partial charge in [0.2, 0.25) is 0 Å². The van der Waals surface area contributed by atoms with Crippen molar-refractivity contribution < 1.29 is 33.8 Å². The summed E-state index contributed by atoms with van der Waals surface area (Å²) in [5.74, 6) is -2.45. The highest BCUT2D eigenvalue weighted by molar-refractivity contribution is 6.03. The molecular weight excluding hydrogens is 400 g/mol. The maximum atomic E-state index is 13.7. The van der Waals surface area contributed by atoms with Crippen molar-refractivity contribution in [2.24, 2.45) is 34.0 Å². The molecule has 0 aromatic rings. The van der Waals surface area contributed by atoms with Gasteiger partial charge in [-0.3, -0.25) is 19.2 Å². The Morgan fingerprint density at radius 1 is 1.00 bits per heavy atom. The van der Waals surface area contributed by atoms with Gasteiger partial charge in [-0.25, -0.2) is 0 Å². The van der Waals surface area contributed by atoms with Gasteiger partial charge in [0, 0.05) is 19.3 Å². The van der Waals surface area contributed by atoms with Crippen LogP contribution in [-0.4, -0.2) is 41.0 Å². The molecule has 0 radical (unpaired) electrons. The number of Topliss-reactive ketones (excluding diaryl/α,β-unsaturated/α-hetero) is 1. The fourth-order valence-corrected chi connectivity index (χ4v) is 7.91. The minimum absolute atomic E-state index is 0.0589.